The molecule has 0 aliphatic carbocycles. The van der Waals surface area contributed by atoms with Gasteiger partial charge in [-0.05, 0) is 42.0 Å². The summed E-state index contributed by atoms with van der Waals surface area (Å²) in [5.74, 6) is 0. The number of H-pyrrole nitrogens is 1. The van der Waals surface area contributed by atoms with E-state index < -0.39 is 0 Å². The van der Waals surface area contributed by atoms with E-state index in [0.29, 0.717) is 10.6 Å². The molecular weight excluding hydrogens is 318 g/mol. The molecule has 0 fully saturated rings. The Morgan fingerprint density at radius 1 is 0.958 bits per heavy atom. The number of aromatic amines is 1. The van der Waals surface area contributed by atoms with E-state index in [1.165, 1.54) is 0 Å². The highest BCUT2D eigenvalue weighted by Crippen LogP contribution is 2.31. The van der Waals surface area contributed by atoms with Crippen molar-refractivity contribution in [1.29, 1.82) is 5.26 Å². The van der Waals surface area contributed by atoms with Crippen LogP contribution in [-0.2, 0) is 0 Å². The molecule has 2 aromatic carbocycles. The van der Waals surface area contributed by atoms with Gasteiger partial charge in [0.25, 0.3) is 0 Å². The van der Waals surface area contributed by atoms with Crippen molar-refractivity contribution < 1.29 is 0 Å². The van der Waals surface area contributed by atoms with Crippen LogP contribution >= 0.6 is 11.6 Å². The lowest BCUT2D eigenvalue weighted by Crippen LogP contribution is -1.84. The van der Waals surface area contributed by atoms with Crippen LogP contribution in [0.1, 0.15) is 5.56 Å². The van der Waals surface area contributed by atoms with Crippen LogP contribution in [0, 0.1) is 11.3 Å². The highest BCUT2D eigenvalue weighted by Gasteiger charge is 2.09. The van der Waals surface area contributed by atoms with Gasteiger partial charge in [0.15, 0.2) is 0 Å². The Morgan fingerprint density at radius 3 is 2.67 bits per heavy atom. The summed E-state index contributed by atoms with van der Waals surface area (Å²) in [5.41, 5.74) is 5.68. The van der Waals surface area contributed by atoms with Crippen molar-refractivity contribution in [2.75, 3.05) is 0 Å². The number of rotatable bonds is 2. The second-order valence-electron chi connectivity index (χ2n) is 5.55. The zero-order valence-corrected chi connectivity index (χ0v) is 13.4. The van der Waals surface area contributed by atoms with Crippen molar-refractivity contribution in [3.8, 4) is 28.3 Å². The topological polar surface area (TPSA) is 52.5 Å². The van der Waals surface area contributed by atoms with Gasteiger partial charge in [0.1, 0.15) is 0 Å². The Balaban J connectivity index is 1.86. The minimum absolute atomic E-state index is 0.641. The first-order chi connectivity index (χ1) is 11.7. The molecule has 0 bridgehead atoms. The van der Waals surface area contributed by atoms with Crippen LogP contribution in [0.15, 0.2) is 67.1 Å². The number of pyridine rings is 1. The maximum atomic E-state index is 9.13. The predicted octanol–water partition coefficient (Wildman–Crippen LogP) is 5.42. The smallest absolute Gasteiger partial charge is 0.0991 e. The third-order valence-corrected chi connectivity index (χ3v) is 4.25. The lowest BCUT2D eigenvalue weighted by atomic mass is 10.0. The summed E-state index contributed by atoms with van der Waals surface area (Å²) in [7, 11) is 0. The van der Waals surface area contributed by atoms with E-state index in [2.05, 4.69) is 22.1 Å². The van der Waals surface area contributed by atoms with Crippen LogP contribution in [0.25, 0.3) is 33.2 Å². The molecule has 0 aliphatic rings. The van der Waals surface area contributed by atoms with Crippen LogP contribution in [0.5, 0.6) is 0 Å². The van der Waals surface area contributed by atoms with Crippen molar-refractivity contribution in [3.05, 3.63) is 77.7 Å². The molecule has 2 heterocycles. The fourth-order valence-corrected chi connectivity index (χ4v) is 3.03. The summed E-state index contributed by atoms with van der Waals surface area (Å²) >= 11 is 6.09. The van der Waals surface area contributed by atoms with Crippen LogP contribution in [0.2, 0.25) is 5.02 Å². The Hall–Kier alpha value is -3.09. The largest absolute Gasteiger partial charge is 0.361 e. The molecule has 0 unspecified atom stereocenters. The number of aromatic nitrogens is 2. The summed E-state index contributed by atoms with van der Waals surface area (Å²) < 4.78 is 0. The SMILES string of the molecule is N#Cc1ccc2[nH]cc(-c3cncc(-c4cccc(Cl)c4)c3)c2c1. The van der Waals surface area contributed by atoms with Crippen LogP contribution in [0.3, 0.4) is 0 Å². The molecule has 0 amide bonds. The first-order valence-electron chi connectivity index (χ1n) is 7.47. The molecule has 24 heavy (non-hydrogen) atoms. The molecule has 114 valence electrons. The van der Waals surface area contributed by atoms with Crippen molar-refractivity contribution in [1.82, 2.24) is 9.97 Å². The number of nitrogens with zero attached hydrogens (tertiary/aromatic N) is 2. The van der Waals surface area contributed by atoms with E-state index in [1.807, 2.05) is 61.1 Å². The van der Waals surface area contributed by atoms with Gasteiger partial charge in [0.2, 0.25) is 0 Å². The molecule has 0 saturated carbocycles. The van der Waals surface area contributed by atoms with E-state index in [9.17, 15) is 0 Å². The van der Waals surface area contributed by atoms with Crippen LogP contribution in [0.4, 0.5) is 0 Å². The highest BCUT2D eigenvalue weighted by atomic mass is 35.5. The molecular formula is C20H12ClN3. The van der Waals surface area contributed by atoms with Crippen molar-refractivity contribution in [2.45, 2.75) is 0 Å². The molecule has 0 atom stereocenters. The maximum Gasteiger partial charge on any atom is 0.0991 e. The molecule has 4 rings (SSSR count). The third-order valence-electron chi connectivity index (χ3n) is 4.02. The summed E-state index contributed by atoms with van der Waals surface area (Å²) in [4.78, 5) is 7.62. The average Bonchev–Trinajstić information content (AvgIpc) is 3.05. The number of hydrogen-bond donors (Lipinski definition) is 1. The van der Waals surface area contributed by atoms with Gasteiger partial charge in [-0.1, -0.05) is 23.7 Å². The number of nitrogens with one attached hydrogen (secondary N) is 1. The monoisotopic (exact) mass is 329 g/mol. The van der Waals surface area contributed by atoms with Gasteiger partial charge in [-0.15, -0.1) is 0 Å². The lowest BCUT2D eigenvalue weighted by Gasteiger charge is -2.05. The van der Waals surface area contributed by atoms with Gasteiger partial charge in [-0.2, -0.15) is 5.26 Å². The molecule has 3 nitrogen and oxygen atoms in total. The van der Waals surface area contributed by atoms with E-state index >= 15 is 0 Å². The number of nitriles is 1. The normalized spacial score (nSPS) is 10.7. The van der Waals surface area contributed by atoms with Crippen LogP contribution < -0.4 is 0 Å². The zero-order valence-electron chi connectivity index (χ0n) is 12.6. The molecule has 2 aromatic heterocycles. The highest BCUT2D eigenvalue weighted by molar-refractivity contribution is 6.30. The van der Waals surface area contributed by atoms with Crippen molar-refractivity contribution >= 4 is 22.5 Å². The molecule has 0 radical (unpaired) electrons. The maximum absolute atomic E-state index is 9.13. The number of fused-ring (bicyclic) bond motifs is 1. The van der Waals surface area contributed by atoms with E-state index in [-0.39, 0.29) is 0 Å². The van der Waals surface area contributed by atoms with Gasteiger partial charge >= 0.3 is 0 Å². The summed E-state index contributed by atoms with van der Waals surface area (Å²) in [6.45, 7) is 0. The minimum atomic E-state index is 0.641. The number of hydrogen-bond acceptors (Lipinski definition) is 2. The third kappa shape index (κ3) is 2.54. The predicted molar refractivity (Wildman–Crippen MR) is 96.7 cm³/mol. The van der Waals surface area contributed by atoms with Crippen molar-refractivity contribution in [2.24, 2.45) is 0 Å². The van der Waals surface area contributed by atoms with Gasteiger partial charge in [0, 0.05) is 51.2 Å². The molecule has 0 aliphatic heterocycles. The molecule has 1 N–H and O–H groups in total. The van der Waals surface area contributed by atoms with Gasteiger partial charge in [-0.3, -0.25) is 4.98 Å². The van der Waals surface area contributed by atoms with Gasteiger partial charge < -0.3 is 4.98 Å². The van der Waals surface area contributed by atoms with Crippen molar-refractivity contribution in [3.63, 3.8) is 0 Å². The first-order valence-corrected chi connectivity index (χ1v) is 7.85. The van der Waals surface area contributed by atoms with Gasteiger partial charge in [0.05, 0.1) is 11.6 Å². The van der Waals surface area contributed by atoms with E-state index in [4.69, 9.17) is 16.9 Å². The molecule has 4 aromatic rings. The molecule has 0 saturated heterocycles. The van der Waals surface area contributed by atoms with Crippen LogP contribution in [-0.4, -0.2) is 9.97 Å². The lowest BCUT2D eigenvalue weighted by molar-refractivity contribution is 1.33. The average molecular weight is 330 g/mol. The Kier molecular flexibility index (Phi) is 3.53. The van der Waals surface area contributed by atoms with E-state index in [0.717, 1.165) is 33.2 Å². The second-order valence-corrected chi connectivity index (χ2v) is 5.98. The standard InChI is InChI=1S/C20H12ClN3/c21-17-3-1-2-14(8-17)15-7-16(11-23-10-15)19-12-24-20-5-4-13(9-22)6-18(19)20/h1-8,10-12,24H. The molecule has 0 spiro atoms. The number of halogens is 1. The second kappa shape index (κ2) is 5.84. The first kappa shape index (κ1) is 14.5. The Labute approximate surface area is 144 Å². The van der Waals surface area contributed by atoms with Gasteiger partial charge in [-0.25, -0.2) is 0 Å². The quantitative estimate of drug-likeness (QED) is 0.533. The number of benzene rings is 2. The Bertz CT molecular complexity index is 1090. The minimum Gasteiger partial charge on any atom is -0.361 e. The summed E-state index contributed by atoms with van der Waals surface area (Å²) in [6.07, 6.45) is 5.60. The summed E-state index contributed by atoms with van der Waals surface area (Å²) in [6, 6.07) is 17.6. The fraction of sp³-hybridized carbons (Fsp3) is 0. The van der Waals surface area contributed by atoms with E-state index in [1.54, 1.807) is 0 Å². The zero-order chi connectivity index (χ0) is 16.5. The fourth-order valence-electron chi connectivity index (χ4n) is 2.84. The molecule has 4 heteroatoms. The summed E-state index contributed by atoms with van der Waals surface area (Å²) in [5, 5.41) is 10.8. The Morgan fingerprint density at radius 2 is 1.83 bits per heavy atom.